The lowest BCUT2D eigenvalue weighted by Gasteiger charge is -2.27. The second kappa shape index (κ2) is 14.8. The molecular formula is C31H27Br2N3O5S. The van der Waals surface area contributed by atoms with E-state index in [1.165, 1.54) is 12.2 Å². The Morgan fingerprint density at radius 1 is 0.952 bits per heavy atom. The zero-order chi connectivity index (χ0) is 30.1. The van der Waals surface area contributed by atoms with Crippen LogP contribution in [0, 0.1) is 0 Å². The summed E-state index contributed by atoms with van der Waals surface area (Å²) >= 11 is 8.36. The van der Waals surface area contributed by atoms with E-state index in [0.717, 1.165) is 4.90 Å². The van der Waals surface area contributed by atoms with E-state index < -0.39 is 24.2 Å². The summed E-state index contributed by atoms with van der Waals surface area (Å²) in [5.74, 6) is -0.182. The van der Waals surface area contributed by atoms with Crippen LogP contribution in [0.15, 0.2) is 117 Å². The van der Waals surface area contributed by atoms with E-state index in [1.54, 1.807) is 84.6 Å². The molecule has 216 valence electrons. The number of benzene rings is 4. The maximum atomic E-state index is 13.2. The van der Waals surface area contributed by atoms with Crippen molar-refractivity contribution in [3.63, 3.8) is 0 Å². The van der Waals surface area contributed by atoms with Gasteiger partial charge in [-0.1, -0.05) is 46.3 Å². The van der Waals surface area contributed by atoms with Gasteiger partial charge in [-0.05, 0) is 88.9 Å². The Hall–Kier alpha value is -3.93. The fourth-order valence-electron chi connectivity index (χ4n) is 3.87. The van der Waals surface area contributed by atoms with Gasteiger partial charge in [-0.15, -0.1) is 11.8 Å². The van der Waals surface area contributed by atoms with Gasteiger partial charge in [0.05, 0.1) is 15.8 Å². The predicted octanol–water partition coefficient (Wildman–Crippen LogP) is 8.15. The number of aromatic hydroxyl groups is 1. The molecule has 0 aliphatic heterocycles. The molecule has 2 amide bonds. The minimum absolute atomic E-state index is 0.156. The summed E-state index contributed by atoms with van der Waals surface area (Å²) in [7, 11) is 0. The monoisotopic (exact) mass is 711 g/mol. The highest BCUT2D eigenvalue weighted by Gasteiger charge is 2.31. The lowest BCUT2D eigenvalue weighted by molar-refractivity contribution is -0.112. The lowest BCUT2D eigenvalue weighted by atomic mass is 10.0. The van der Waals surface area contributed by atoms with E-state index in [2.05, 4.69) is 42.5 Å². The van der Waals surface area contributed by atoms with Crippen molar-refractivity contribution < 1.29 is 24.2 Å². The van der Waals surface area contributed by atoms with Gasteiger partial charge in [0.1, 0.15) is 11.5 Å². The summed E-state index contributed by atoms with van der Waals surface area (Å²) in [5.41, 5.74) is 7.57. The molecular weight excluding hydrogens is 686 g/mol. The number of nitrogen functional groups attached to an aromatic ring is 1. The maximum Gasteiger partial charge on any atom is 0.412 e. The van der Waals surface area contributed by atoms with Gasteiger partial charge in [0, 0.05) is 26.7 Å². The van der Waals surface area contributed by atoms with Crippen molar-refractivity contribution in [2.75, 3.05) is 22.6 Å². The van der Waals surface area contributed by atoms with Crippen molar-refractivity contribution in [1.29, 1.82) is 0 Å². The van der Waals surface area contributed by atoms with Gasteiger partial charge < -0.3 is 25.6 Å². The first-order valence-electron chi connectivity index (χ1n) is 12.6. The quantitative estimate of drug-likeness (QED) is 0.0744. The number of phenols is 1. The average molecular weight is 713 g/mol. The van der Waals surface area contributed by atoms with E-state index >= 15 is 0 Å². The van der Waals surface area contributed by atoms with Crippen molar-refractivity contribution in [3.05, 3.63) is 118 Å². The van der Waals surface area contributed by atoms with E-state index in [9.17, 15) is 14.7 Å². The first-order chi connectivity index (χ1) is 20.2. The number of amides is 2. The number of nitrogens with two attached hydrogens (primary N) is 1. The summed E-state index contributed by atoms with van der Waals surface area (Å²) in [6.45, 7) is 0. The molecule has 0 heterocycles. The van der Waals surface area contributed by atoms with Gasteiger partial charge in [0.15, 0.2) is 12.2 Å². The highest BCUT2D eigenvalue weighted by molar-refractivity contribution is 9.11. The molecule has 0 spiro atoms. The number of carbonyl (C=O) groups excluding carboxylic acids is 2. The molecule has 42 heavy (non-hydrogen) atoms. The molecule has 0 aliphatic carbocycles. The Labute approximate surface area is 264 Å². The van der Waals surface area contributed by atoms with Crippen LogP contribution in [0.25, 0.3) is 0 Å². The van der Waals surface area contributed by atoms with Crippen LogP contribution in [-0.2, 0) is 9.53 Å². The van der Waals surface area contributed by atoms with Gasteiger partial charge in [0.2, 0.25) is 5.91 Å². The number of hydrogen-bond acceptors (Lipinski definition) is 7. The lowest BCUT2D eigenvalue weighted by Crippen LogP contribution is -2.30. The Bertz CT molecular complexity index is 1570. The Morgan fingerprint density at radius 3 is 2.33 bits per heavy atom. The third-order valence-electron chi connectivity index (χ3n) is 5.90. The van der Waals surface area contributed by atoms with Crippen molar-refractivity contribution in [2.45, 2.75) is 17.1 Å². The predicted molar refractivity (Wildman–Crippen MR) is 174 cm³/mol. The smallest absolute Gasteiger partial charge is 0.412 e. The number of halogens is 2. The zero-order valence-electron chi connectivity index (χ0n) is 22.3. The van der Waals surface area contributed by atoms with E-state index in [-0.39, 0.29) is 11.3 Å². The van der Waals surface area contributed by atoms with Gasteiger partial charge in [-0.2, -0.15) is 0 Å². The molecule has 4 rings (SSSR count). The Morgan fingerprint density at radius 2 is 1.64 bits per heavy atom. The van der Waals surface area contributed by atoms with Gasteiger partial charge in [0.25, 0.3) is 0 Å². The van der Waals surface area contributed by atoms with E-state index in [4.69, 9.17) is 15.2 Å². The topological polar surface area (TPSA) is 123 Å². The van der Waals surface area contributed by atoms with Crippen LogP contribution in [0.5, 0.6) is 11.5 Å². The van der Waals surface area contributed by atoms with Gasteiger partial charge >= 0.3 is 6.09 Å². The molecule has 5 N–H and O–H groups in total. The molecule has 0 saturated heterocycles. The fourth-order valence-corrected chi connectivity index (χ4v) is 5.54. The van der Waals surface area contributed by atoms with Crippen molar-refractivity contribution >= 4 is 72.7 Å². The van der Waals surface area contributed by atoms with Crippen molar-refractivity contribution in [3.8, 4) is 11.5 Å². The van der Waals surface area contributed by atoms with Crippen LogP contribution in [0.3, 0.4) is 0 Å². The molecule has 0 saturated carbocycles. The summed E-state index contributed by atoms with van der Waals surface area (Å²) in [6, 6.07) is 26.3. The second-order valence-corrected chi connectivity index (χ2v) is 11.5. The fraction of sp³-hybridized carbons (Fsp3) is 0.0968. The molecule has 0 aromatic heterocycles. The van der Waals surface area contributed by atoms with Crippen LogP contribution in [0.2, 0.25) is 0 Å². The van der Waals surface area contributed by atoms with Crippen LogP contribution in [-0.4, -0.2) is 29.5 Å². The van der Waals surface area contributed by atoms with Crippen LogP contribution >= 0.6 is 43.6 Å². The third-order valence-corrected chi connectivity index (χ3v) is 7.71. The van der Waals surface area contributed by atoms with Gasteiger partial charge in [-0.25, -0.2) is 4.79 Å². The number of ether oxygens (including phenoxy) is 2. The summed E-state index contributed by atoms with van der Waals surface area (Å²) in [5, 5.41) is 16.5. The Balaban J connectivity index is 1.69. The largest absolute Gasteiger partial charge is 0.506 e. The molecule has 2 atom stereocenters. The highest BCUT2D eigenvalue weighted by Crippen LogP contribution is 2.39. The summed E-state index contributed by atoms with van der Waals surface area (Å²) in [4.78, 5) is 27.1. The molecule has 8 nitrogen and oxygen atoms in total. The first-order valence-corrected chi connectivity index (χ1v) is 15.4. The molecule has 0 radical (unpaired) electrons. The molecule has 0 fully saturated rings. The minimum Gasteiger partial charge on any atom is -0.506 e. The standard InChI is InChI=1S/C31H27Br2N3O5S/c1-42-22-13-11-20(12-14-22)35-31(39)41-30(23-17-19(32)18-24(33)29(23)38)27(40-21-7-3-2-4-8-21)15-16-28(37)36-26-10-6-5-9-25(26)34/h2-18,27,30,38H,34H2,1H3,(H,35,39)(H,36,37)/b16-15+/t27-,30-/m0/s1. The first kappa shape index (κ1) is 31.0. The number of para-hydroxylation sites is 3. The third kappa shape index (κ3) is 8.54. The Kier molecular flexibility index (Phi) is 10.9. The number of carbonyl (C=O) groups is 2. The second-order valence-electron chi connectivity index (χ2n) is 8.84. The molecule has 0 aliphatic rings. The zero-order valence-corrected chi connectivity index (χ0v) is 26.3. The highest BCUT2D eigenvalue weighted by atomic mass is 79.9. The van der Waals surface area contributed by atoms with E-state index in [1.807, 2.05) is 24.5 Å². The number of phenolic OH excluding ortho intramolecular Hbond substituents is 1. The summed E-state index contributed by atoms with van der Waals surface area (Å²) < 4.78 is 13.1. The normalized spacial score (nSPS) is 12.4. The van der Waals surface area contributed by atoms with E-state index in [0.29, 0.717) is 31.8 Å². The maximum absolute atomic E-state index is 13.2. The van der Waals surface area contributed by atoms with Crippen LogP contribution < -0.4 is 21.1 Å². The number of anilines is 3. The van der Waals surface area contributed by atoms with Gasteiger partial charge in [-0.3, -0.25) is 10.1 Å². The molecule has 0 unspecified atom stereocenters. The summed E-state index contributed by atoms with van der Waals surface area (Å²) in [6.07, 6.45) is 1.64. The number of rotatable bonds is 10. The van der Waals surface area contributed by atoms with Crippen LogP contribution in [0.4, 0.5) is 21.9 Å². The number of hydrogen-bond donors (Lipinski definition) is 4. The SMILES string of the molecule is CSc1ccc(NC(=O)O[C@@H](c2cc(Br)cc(Br)c2O)[C@H](/C=C/C(=O)Nc2ccccc2N)Oc2ccccc2)cc1. The molecule has 4 aromatic carbocycles. The van der Waals surface area contributed by atoms with Crippen LogP contribution in [0.1, 0.15) is 11.7 Å². The molecule has 11 heteroatoms. The van der Waals surface area contributed by atoms with Crippen molar-refractivity contribution in [2.24, 2.45) is 0 Å². The molecule has 0 bridgehead atoms. The van der Waals surface area contributed by atoms with Crippen molar-refractivity contribution in [1.82, 2.24) is 0 Å². The number of nitrogens with one attached hydrogen (secondary N) is 2. The molecule has 4 aromatic rings. The number of thioether (sulfide) groups is 1. The average Bonchev–Trinajstić information content (AvgIpc) is 2.98. The minimum atomic E-state index is -1.20.